The summed E-state index contributed by atoms with van der Waals surface area (Å²) in [6.45, 7) is 7.08. The van der Waals surface area contributed by atoms with Crippen LogP contribution in [0.15, 0.2) is 30.3 Å². The molecule has 1 aliphatic carbocycles. The van der Waals surface area contributed by atoms with E-state index >= 15 is 0 Å². The number of carboxylic acids is 1. The number of nitrogens with zero attached hydrogens (tertiary/aromatic N) is 2. The van der Waals surface area contributed by atoms with Crippen LogP contribution in [-0.4, -0.2) is 38.2 Å². The highest BCUT2D eigenvalue weighted by molar-refractivity contribution is 6.03. The van der Waals surface area contributed by atoms with Crippen LogP contribution in [-0.2, 0) is 16.6 Å². The summed E-state index contributed by atoms with van der Waals surface area (Å²) in [4.78, 5) is 36.4. The minimum Gasteiger partial charge on any atom is -0.480 e. The second-order valence-corrected chi connectivity index (χ2v) is 9.78. The molecule has 1 heterocycles. The number of rotatable bonds is 7. The Bertz CT molecular complexity index is 1020. The van der Waals surface area contributed by atoms with E-state index in [0.717, 1.165) is 37.1 Å². The van der Waals surface area contributed by atoms with Gasteiger partial charge in [-0.25, -0.2) is 4.79 Å². The van der Waals surface area contributed by atoms with Crippen molar-refractivity contribution in [3.63, 3.8) is 0 Å². The first-order valence-corrected chi connectivity index (χ1v) is 11.5. The Hall–Kier alpha value is -3.16. The van der Waals surface area contributed by atoms with Crippen molar-refractivity contribution < 1.29 is 19.5 Å². The van der Waals surface area contributed by atoms with Crippen LogP contribution in [0, 0.1) is 5.92 Å². The normalized spacial score (nSPS) is 18.7. The van der Waals surface area contributed by atoms with Gasteiger partial charge < -0.3 is 15.7 Å². The van der Waals surface area contributed by atoms with Gasteiger partial charge in [0, 0.05) is 18.7 Å². The van der Waals surface area contributed by atoms with Crippen LogP contribution in [0.3, 0.4) is 0 Å². The smallest absolute Gasteiger partial charge is 0.328 e. The molecule has 1 aromatic heterocycles. The number of anilines is 1. The molecule has 1 fully saturated rings. The zero-order valence-corrected chi connectivity index (χ0v) is 20.0. The van der Waals surface area contributed by atoms with Gasteiger partial charge in [-0.2, -0.15) is 5.10 Å². The van der Waals surface area contributed by atoms with Crippen molar-refractivity contribution in [2.75, 3.05) is 5.32 Å². The Morgan fingerprint density at radius 1 is 1.09 bits per heavy atom. The van der Waals surface area contributed by atoms with Gasteiger partial charge in [0.05, 0.1) is 5.69 Å². The number of aryl methyl sites for hydroxylation is 1. The maximum Gasteiger partial charge on any atom is 0.328 e. The fourth-order valence-corrected chi connectivity index (χ4v) is 4.17. The Balaban J connectivity index is 1.55. The zero-order valence-electron chi connectivity index (χ0n) is 20.0. The lowest BCUT2D eigenvalue weighted by Gasteiger charge is -2.30. The van der Waals surface area contributed by atoms with Crippen LogP contribution < -0.4 is 10.6 Å². The third-order valence-corrected chi connectivity index (χ3v) is 6.43. The molecule has 33 heavy (non-hydrogen) atoms. The van der Waals surface area contributed by atoms with Crippen LogP contribution in [0.5, 0.6) is 0 Å². The first-order valence-electron chi connectivity index (χ1n) is 11.5. The number of benzene rings is 1. The van der Waals surface area contributed by atoms with Crippen LogP contribution >= 0.6 is 0 Å². The average molecular weight is 455 g/mol. The van der Waals surface area contributed by atoms with E-state index < -0.39 is 11.5 Å². The molecule has 0 saturated heterocycles. The molecule has 3 rings (SSSR count). The Labute approximate surface area is 194 Å². The van der Waals surface area contributed by atoms with E-state index in [9.17, 15) is 19.5 Å². The van der Waals surface area contributed by atoms with Crippen molar-refractivity contribution in [3.05, 3.63) is 47.3 Å². The largest absolute Gasteiger partial charge is 0.480 e. The Morgan fingerprint density at radius 3 is 2.21 bits per heavy atom. The molecule has 1 aliphatic rings. The van der Waals surface area contributed by atoms with Crippen molar-refractivity contribution in [3.8, 4) is 0 Å². The minimum absolute atomic E-state index is 0.159. The third kappa shape index (κ3) is 5.80. The summed E-state index contributed by atoms with van der Waals surface area (Å²) in [6.07, 6.45) is 3.18. The van der Waals surface area contributed by atoms with Gasteiger partial charge >= 0.3 is 5.97 Å². The summed E-state index contributed by atoms with van der Waals surface area (Å²) < 4.78 is 1.60. The first kappa shape index (κ1) is 24.5. The number of aromatic nitrogens is 2. The summed E-state index contributed by atoms with van der Waals surface area (Å²) in [5.74, 6) is -0.984. The summed E-state index contributed by atoms with van der Waals surface area (Å²) in [5.41, 5.74) is 2.04. The second-order valence-electron chi connectivity index (χ2n) is 9.78. The maximum atomic E-state index is 12.7. The van der Waals surface area contributed by atoms with Crippen molar-refractivity contribution >= 4 is 23.5 Å². The molecule has 0 radical (unpaired) electrons. The molecule has 8 heteroatoms. The molecule has 0 aliphatic heterocycles. The van der Waals surface area contributed by atoms with Crippen molar-refractivity contribution in [2.45, 2.75) is 70.8 Å². The number of hydrogen-bond donors (Lipinski definition) is 3. The highest BCUT2D eigenvalue weighted by atomic mass is 16.4. The fraction of sp³-hybridized carbons (Fsp3) is 0.520. The number of carbonyl (C=O) groups excluding carboxylic acids is 2. The Morgan fingerprint density at radius 2 is 1.70 bits per heavy atom. The molecule has 2 amide bonds. The zero-order chi connectivity index (χ0) is 24.3. The molecule has 1 aromatic carbocycles. The van der Waals surface area contributed by atoms with Crippen molar-refractivity contribution in [2.24, 2.45) is 13.0 Å². The SMILES string of the molecule is CC(C)c1cc(C(=O)Nc2ccc([C@H]3CC[C@H](C(=O)NC(C)(C)C(=O)O)CC3)cc2)n(C)n1. The lowest BCUT2D eigenvalue weighted by atomic mass is 9.78. The van der Waals surface area contributed by atoms with Gasteiger partial charge in [0.15, 0.2) is 0 Å². The topological polar surface area (TPSA) is 113 Å². The highest BCUT2D eigenvalue weighted by Crippen LogP contribution is 2.36. The number of carboxylic acid groups (broad SMARTS) is 1. The van der Waals surface area contributed by atoms with Crippen molar-refractivity contribution in [1.29, 1.82) is 0 Å². The summed E-state index contributed by atoms with van der Waals surface area (Å²) in [7, 11) is 1.77. The molecular weight excluding hydrogens is 420 g/mol. The quantitative estimate of drug-likeness (QED) is 0.584. The summed E-state index contributed by atoms with van der Waals surface area (Å²) in [6, 6.07) is 9.68. The van der Waals surface area contributed by atoms with Gasteiger partial charge in [0.1, 0.15) is 11.2 Å². The van der Waals surface area contributed by atoms with E-state index in [4.69, 9.17) is 0 Å². The van der Waals surface area contributed by atoms with Gasteiger partial charge in [-0.3, -0.25) is 14.3 Å². The van der Waals surface area contributed by atoms with Crippen LogP contribution in [0.1, 0.15) is 87.0 Å². The van der Waals surface area contributed by atoms with Crippen LogP contribution in [0.4, 0.5) is 5.69 Å². The molecule has 0 bridgehead atoms. The van der Waals surface area contributed by atoms with Gasteiger partial charge in [-0.1, -0.05) is 26.0 Å². The molecule has 3 N–H and O–H groups in total. The van der Waals surface area contributed by atoms with Crippen LogP contribution in [0.2, 0.25) is 0 Å². The lowest BCUT2D eigenvalue weighted by Crippen LogP contribution is -2.51. The predicted octanol–water partition coefficient (Wildman–Crippen LogP) is 4.05. The van der Waals surface area contributed by atoms with E-state index in [0.29, 0.717) is 11.6 Å². The molecule has 8 nitrogen and oxygen atoms in total. The first-order chi connectivity index (χ1) is 15.5. The van der Waals surface area contributed by atoms with E-state index in [1.807, 2.05) is 44.2 Å². The second kappa shape index (κ2) is 9.77. The number of hydrogen-bond acceptors (Lipinski definition) is 4. The van der Waals surface area contributed by atoms with E-state index in [2.05, 4.69) is 15.7 Å². The van der Waals surface area contributed by atoms with Crippen LogP contribution in [0.25, 0.3) is 0 Å². The van der Waals surface area contributed by atoms with Gasteiger partial charge in [0.25, 0.3) is 5.91 Å². The monoisotopic (exact) mass is 454 g/mol. The number of amides is 2. The number of nitrogens with one attached hydrogen (secondary N) is 2. The molecule has 2 aromatic rings. The van der Waals surface area contributed by atoms with Gasteiger partial charge in [0.2, 0.25) is 5.91 Å². The van der Waals surface area contributed by atoms with E-state index in [1.54, 1.807) is 11.7 Å². The standard InChI is InChI=1S/C25H34N4O4/c1-15(2)20-14-21(29(5)28-20)23(31)26-19-12-10-17(11-13-19)16-6-8-18(9-7-16)22(30)27-25(3,4)24(32)33/h10-16,18H,6-9H2,1-5H3,(H,26,31)(H,27,30)(H,32,33)/t16-,18-. The van der Waals surface area contributed by atoms with Gasteiger partial charge in [-0.05, 0) is 75.1 Å². The minimum atomic E-state index is -1.26. The molecule has 178 valence electrons. The molecule has 0 spiro atoms. The van der Waals surface area contributed by atoms with E-state index in [-0.39, 0.29) is 23.7 Å². The lowest BCUT2D eigenvalue weighted by molar-refractivity contribution is -0.146. The van der Waals surface area contributed by atoms with Gasteiger partial charge in [-0.15, -0.1) is 0 Å². The summed E-state index contributed by atoms with van der Waals surface area (Å²) >= 11 is 0. The van der Waals surface area contributed by atoms with Crippen molar-refractivity contribution in [1.82, 2.24) is 15.1 Å². The third-order valence-electron chi connectivity index (χ3n) is 6.43. The predicted molar refractivity (Wildman–Crippen MR) is 126 cm³/mol. The Kier molecular flexibility index (Phi) is 7.25. The molecule has 0 unspecified atom stereocenters. The molecular formula is C25H34N4O4. The number of aliphatic carboxylic acids is 1. The van der Waals surface area contributed by atoms with E-state index in [1.165, 1.54) is 19.4 Å². The summed E-state index contributed by atoms with van der Waals surface area (Å²) in [5, 5.41) is 19.2. The fourth-order valence-electron chi connectivity index (χ4n) is 4.17. The molecule has 0 atom stereocenters. The maximum absolute atomic E-state index is 12.7. The average Bonchev–Trinajstić information content (AvgIpc) is 3.16. The number of carbonyl (C=O) groups is 3. The molecule has 1 saturated carbocycles. The highest BCUT2D eigenvalue weighted by Gasteiger charge is 2.33.